The van der Waals surface area contributed by atoms with Gasteiger partial charge in [-0.3, -0.25) is 14.1 Å². The number of rotatable bonds is 33. The average molecular weight is 647 g/mol. The third-order valence-corrected chi connectivity index (χ3v) is 8.27. The Morgan fingerprint density at radius 3 is 1.43 bits per heavy atom. The van der Waals surface area contributed by atoms with Crippen molar-refractivity contribution >= 4 is 19.8 Å². The minimum atomic E-state index is -4.74. The fourth-order valence-corrected chi connectivity index (χ4v) is 5.43. The molecule has 0 aromatic heterocycles. The van der Waals surface area contributed by atoms with E-state index in [0.717, 1.165) is 57.8 Å². The van der Waals surface area contributed by atoms with Crippen LogP contribution in [-0.2, 0) is 28.2 Å². The number of allylic oxidation sites excluding steroid dienone is 2. The van der Waals surface area contributed by atoms with E-state index >= 15 is 0 Å². The van der Waals surface area contributed by atoms with Gasteiger partial charge in [-0.2, -0.15) is 0 Å². The molecule has 9 heteroatoms. The molecule has 2 N–H and O–H groups in total. The van der Waals surface area contributed by atoms with Crippen LogP contribution in [0.15, 0.2) is 12.2 Å². The highest BCUT2D eigenvalue weighted by Gasteiger charge is 2.22. The number of hydrogen-bond donors (Lipinski definition) is 2. The quantitative estimate of drug-likeness (QED) is 0.0313. The summed E-state index contributed by atoms with van der Waals surface area (Å²) >= 11 is 0. The minimum absolute atomic E-state index is 0.205. The Labute approximate surface area is 269 Å². The highest BCUT2D eigenvalue weighted by Crippen LogP contribution is 2.36. The van der Waals surface area contributed by atoms with E-state index < -0.39 is 32.5 Å². The van der Waals surface area contributed by atoms with Gasteiger partial charge in [0.25, 0.3) is 0 Å². The van der Waals surface area contributed by atoms with E-state index in [4.69, 9.17) is 19.3 Å². The van der Waals surface area contributed by atoms with Crippen LogP contribution in [0.4, 0.5) is 0 Å². The zero-order valence-electron chi connectivity index (χ0n) is 28.3. The van der Waals surface area contributed by atoms with Crippen molar-refractivity contribution in [3.8, 4) is 0 Å². The molecule has 0 rings (SSSR count). The third-order valence-electron chi connectivity index (χ3n) is 7.78. The molecule has 0 aliphatic carbocycles. The van der Waals surface area contributed by atoms with Crippen LogP contribution >= 0.6 is 7.82 Å². The molecule has 260 valence electrons. The molecule has 0 aliphatic rings. The fourth-order valence-electron chi connectivity index (χ4n) is 5.07. The maximum atomic E-state index is 12.3. The lowest BCUT2D eigenvalue weighted by molar-refractivity contribution is -0.161. The van der Waals surface area contributed by atoms with E-state index in [9.17, 15) is 14.2 Å². The monoisotopic (exact) mass is 646 g/mol. The van der Waals surface area contributed by atoms with Gasteiger partial charge in [-0.05, 0) is 38.5 Å². The summed E-state index contributed by atoms with van der Waals surface area (Å²) in [7, 11) is -4.74. The van der Waals surface area contributed by atoms with Crippen molar-refractivity contribution in [3.63, 3.8) is 0 Å². The first-order chi connectivity index (χ1) is 21.3. The Morgan fingerprint density at radius 2 is 0.955 bits per heavy atom. The van der Waals surface area contributed by atoms with Crippen molar-refractivity contribution in [3.05, 3.63) is 12.2 Å². The summed E-state index contributed by atoms with van der Waals surface area (Å²) in [6, 6.07) is 0. The first kappa shape index (κ1) is 42.8. The van der Waals surface area contributed by atoms with Crippen molar-refractivity contribution in [2.75, 3.05) is 13.2 Å². The summed E-state index contributed by atoms with van der Waals surface area (Å²) in [5.74, 6) is -0.890. The maximum absolute atomic E-state index is 12.3. The molecular formula is C35H67O8P. The highest BCUT2D eigenvalue weighted by molar-refractivity contribution is 7.46. The van der Waals surface area contributed by atoms with Crippen LogP contribution in [0.2, 0.25) is 0 Å². The van der Waals surface area contributed by atoms with Gasteiger partial charge in [-0.15, -0.1) is 0 Å². The molecule has 0 aliphatic heterocycles. The van der Waals surface area contributed by atoms with Crippen LogP contribution in [0.5, 0.6) is 0 Å². The van der Waals surface area contributed by atoms with Crippen molar-refractivity contribution in [1.29, 1.82) is 0 Å². The first-order valence-electron chi connectivity index (χ1n) is 18.0. The fraction of sp³-hybridized carbons (Fsp3) is 0.886. The lowest BCUT2D eigenvalue weighted by atomic mass is 10.0. The summed E-state index contributed by atoms with van der Waals surface area (Å²) in [4.78, 5) is 42.6. The van der Waals surface area contributed by atoms with Crippen LogP contribution in [0.1, 0.15) is 181 Å². The third kappa shape index (κ3) is 33.7. The summed E-state index contributed by atoms with van der Waals surface area (Å²) < 4.78 is 26.2. The molecule has 8 nitrogen and oxygen atoms in total. The Morgan fingerprint density at radius 1 is 0.568 bits per heavy atom. The second-order valence-corrected chi connectivity index (χ2v) is 13.4. The zero-order valence-corrected chi connectivity index (χ0v) is 29.2. The number of ether oxygens (including phenoxy) is 2. The van der Waals surface area contributed by atoms with E-state index in [1.807, 2.05) is 0 Å². The lowest BCUT2D eigenvalue weighted by Gasteiger charge is -2.18. The van der Waals surface area contributed by atoms with Gasteiger partial charge in [-0.1, -0.05) is 142 Å². The normalized spacial score (nSPS) is 12.5. The van der Waals surface area contributed by atoms with Crippen LogP contribution in [0.3, 0.4) is 0 Å². The van der Waals surface area contributed by atoms with Crippen LogP contribution in [0.25, 0.3) is 0 Å². The molecule has 44 heavy (non-hydrogen) atoms. The molecule has 0 aromatic rings. The number of phosphoric ester groups is 1. The smallest absolute Gasteiger partial charge is 0.462 e. The summed E-state index contributed by atoms with van der Waals surface area (Å²) in [5, 5.41) is 0. The van der Waals surface area contributed by atoms with E-state index in [2.05, 4.69) is 30.5 Å². The van der Waals surface area contributed by atoms with Crippen LogP contribution in [0, 0.1) is 0 Å². The second kappa shape index (κ2) is 31.8. The highest BCUT2D eigenvalue weighted by atomic mass is 31.2. The van der Waals surface area contributed by atoms with Gasteiger partial charge in [0.1, 0.15) is 6.61 Å². The molecule has 0 amide bonds. The predicted molar refractivity (Wildman–Crippen MR) is 179 cm³/mol. The average Bonchev–Trinajstić information content (AvgIpc) is 2.98. The van der Waals surface area contributed by atoms with Crippen molar-refractivity contribution in [2.24, 2.45) is 0 Å². The van der Waals surface area contributed by atoms with E-state index in [-0.39, 0.29) is 19.4 Å². The second-order valence-electron chi connectivity index (χ2n) is 12.2. The lowest BCUT2D eigenvalue weighted by Crippen LogP contribution is -2.29. The number of carbonyl (C=O) groups is 2. The molecule has 0 saturated heterocycles. The van der Waals surface area contributed by atoms with E-state index in [1.54, 1.807) is 0 Å². The van der Waals surface area contributed by atoms with Crippen molar-refractivity contribution < 1.29 is 37.9 Å². The Hall–Kier alpha value is -1.21. The molecule has 0 spiro atoms. The first-order valence-corrected chi connectivity index (χ1v) is 19.5. The number of esters is 2. The van der Waals surface area contributed by atoms with Gasteiger partial charge in [0.05, 0.1) is 6.61 Å². The standard InChI is InChI=1S/C35H67O8P/c1-3-5-7-9-11-13-15-17-18-20-21-23-25-27-29-34(36)41-31-33(32-42-44(38,39)40)43-35(37)30-28-26-24-22-19-16-14-12-10-8-6-4-2/h12,14,33H,3-11,13,15-32H2,1-2H3,(H2,38,39,40)/b14-12+/t33-/m1/s1. The molecule has 0 fully saturated rings. The Kier molecular flexibility index (Phi) is 30.9. The van der Waals surface area contributed by atoms with Crippen molar-refractivity contribution in [1.82, 2.24) is 0 Å². The zero-order chi connectivity index (χ0) is 32.6. The van der Waals surface area contributed by atoms with Gasteiger partial charge in [0, 0.05) is 12.8 Å². The van der Waals surface area contributed by atoms with Crippen LogP contribution < -0.4 is 0 Å². The topological polar surface area (TPSA) is 119 Å². The maximum Gasteiger partial charge on any atom is 0.469 e. The molecule has 1 atom stereocenters. The Bertz CT molecular complexity index is 736. The number of unbranched alkanes of at least 4 members (excludes halogenated alkanes) is 21. The summed E-state index contributed by atoms with van der Waals surface area (Å²) in [6.07, 6.45) is 32.2. The molecular weight excluding hydrogens is 579 g/mol. The van der Waals surface area contributed by atoms with Gasteiger partial charge in [0.2, 0.25) is 0 Å². The predicted octanol–water partition coefficient (Wildman–Crippen LogP) is 10.3. The van der Waals surface area contributed by atoms with Crippen LogP contribution in [-0.4, -0.2) is 41.0 Å². The van der Waals surface area contributed by atoms with Crippen molar-refractivity contribution in [2.45, 2.75) is 187 Å². The molecule has 0 bridgehead atoms. The molecule has 0 heterocycles. The molecule has 0 unspecified atom stereocenters. The van der Waals surface area contributed by atoms with E-state index in [0.29, 0.717) is 6.42 Å². The number of hydrogen-bond acceptors (Lipinski definition) is 6. The van der Waals surface area contributed by atoms with Gasteiger partial charge in [-0.25, -0.2) is 4.57 Å². The molecule has 0 aromatic carbocycles. The number of phosphoric acid groups is 1. The number of carbonyl (C=O) groups excluding carboxylic acids is 2. The molecule has 0 radical (unpaired) electrons. The largest absolute Gasteiger partial charge is 0.469 e. The minimum Gasteiger partial charge on any atom is -0.462 e. The van der Waals surface area contributed by atoms with Gasteiger partial charge < -0.3 is 19.3 Å². The van der Waals surface area contributed by atoms with E-state index in [1.165, 1.54) is 89.9 Å². The van der Waals surface area contributed by atoms with Gasteiger partial charge >= 0.3 is 19.8 Å². The summed E-state index contributed by atoms with van der Waals surface area (Å²) in [6.45, 7) is 3.64. The van der Waals surface area contributed by atoms with Gasteiger partial charge in [0.15, 0.2) is 6.10 Å². The molecule has 0 saturated carbocycles. The SMILES string of the molecule is CCCCC/C=C/CCCCCCCC(=O)O[C@H](COC(=O)CCCCCCCCCCCCCCCC)COP(=O)(O)O. The summed E-state index contributed by atoms with van der Waals surface area (Å²) in [5.41, 5.74) is 0. The Balaban J connectivity index is 3.97.